The van der Waals surface area contributed by atoms with Gasteiger partial charge < -0.3 is 14.6 Å². The molecule has 0 aliphatic heterocycles. The largest absolute Gasteiger partial charge is 0.462 e. The van der Waals surface area contributed by atoms with Gasteiger partial charge in [0.1, 0.15) is 25.0 Å². The van der Waals surface area contributed by atoms with Gasteiger partial charge in [-0.25, -0.2) is 4.98 Å². The van der Waals surface area contributed by atoms with Crippen LogP contribution in [0.15, 0.2) is 48.8 Å². The molecule has 3 aromatic rings. The number of hydrogen-bond donors (Lipinski definition) is 1. The molecule has 0 fully saturated rings. The maximum atomic E-state index is 12.1. The van der Waals surface area contributed by atoms with Gasteiger partial charge in [-0.05, 0) is 30.7 Å². The van der Waals surface area contributed by atoms with E-state index in [0.29, 0.717) is 17.9 Å². The Morgan fingerprint density at radius 3 is 3.00 bits per heavy atom. The molecule has 0 bridgehead atoms. The van der Waals surface area contributed by atoms with Crippen LogP contribution in [0.5, 0.6) is 0 Å². The third-order valence-electron chi connectivity index (χ3n) is 3.87. The van der Waals surface area contributed by atoms with E-state index in [1.54, 1.807) is 18.3 Å². The molecule has 0 amide bonds. The van der Waals surface area contributed by atoms with Crippen LogP contribution in [-0.2, 0) is 16.1 Å². The fourth-order valence-electron chi connectivity index (χ4n) is 2.72. The lowest BCUT2D eigenvalue weighted by Crippen LogP contribution is -2.18. The maximum absolute atomic E-state index is 12.1. The van der Waals surface area contributed by atoms with Gasteiger partial charge >= 0.3 is 5.97 Å². The summed E-state index contributed by atoms with van der Waals surface area (Å²) in [6, 6.07) is 13.4. The number of nitriles is 1. The van der Waals surface area contributed by atoms with Crippen molar-refractivity contribution in [2.45, 2.75) is 13.5 Å². The number of carbonyl (C=O) groups excluding carboxylic acids is 1. The van der Waals surface area contributed by atoms with Crippen LogP contribution in [0.25, 0.3) is 10.9 Å². The number of ether oxygens (including phenoxy) is 1. The fourth-order valence-corrected chi connectivity index (χ4v) is 2.72. The van der Waals surface area contributed by atoms with Crippen molar-refractivity contribution in [1.82, 2.24) is 9.55 Å². The van der Waals surface area contributed by atoms with Crippen molar-refractivity contribution in [2.24, 2.45) is 0 Å². The van der Waals surface area contributed by atoms with Crippen LogP contribution < -0.4 is 5.32 Å². The minimum Gasteiger partial charge on any atom is -0.462 e. The van der Waals surface area contributed by atoms with Gasteiger partial charge in [0.05, 0.1) is 12.1 Å². The number of anilines is 1. The normalized spacial score (nSPS) is 10.4. The van der Waals surface area contributed by atoms with Gasteiger partial charge in [0, 0.05) is 23.3 Å². The van der Waals surface area contributed by atoms with E-state index in [1.165, 1.54) is 0 Å². The first kappa shape index (κ1) is 16.5. The first-order valence-corrected chi connectivity index (χ1v) is 7.98. The lowest BCUT2D eigenvalue weighted by atomic mass is 10.2. The first-order chi connectivity index (χ1) is 12.2. The minimum absolute atomic E-state index is 0.168. The van der Waals surface area contributed by atoms with Crippen LogP contribution in [0.3, 0.4) is 0 Å². The molecule has 0 aliphatic carbocycles. The molecule has 1 aromatic carbocycles. The summed E-state index contributed by atoms with van der Waals surface area (Å²) >= 11 is 0. The number of benzene rings is 1. The molecule has 1 N–H and O–H groups in total. The van der Waals surface area contributed by atoms with Gasteiger partial charge in [-0.3, -0.25) is 4.79 Å². The zero-order valence-electron chi connectivity index (χ0n) is 13.9. The molecule has 3 rings (SSSR count). The third kappa shape index (κ3) is 3.78. The number of hydrogen-bond acceptors (Lipinski definition) is 5. The van der Waals surface area contributed by atoms with Crippen LogP contribution in [-0.4, -0.2) is 28.7 Å². The Hall–Kier alpha value is -3.33. The molecule has 0 saturated carbocycles. The van der Waals surface area contributed by atoms with Crippen LogP contribution >= 0.6 is 0 Å². The summed E-state index contributed by atoms with van der Waals surface area (Å²) in [5.74, 6) is 0.192. The molecular formula is C19H18N4O2. The molecule has 126 valence electrons. The number of carbonyl (C=O) groups is 1. The Balaban J connectivity index is 1.52. The topological polar surface area (TPSA) is 79.9 Å². The average molecular weight is 334 g/mol. The van der Waals surface area contributed by atoms with E-state index in [2.05, 4.69) is 16.4 Å². The number of aromatic nitrogens is 2. The molecule has 0 aliphatic rings. The molecule has 6 nitrogen and oxygen atoms in total. The quantitative estimate of drug-likeness (QED) is 0.554. The molecule has 0 radical (unpaired) electrons. The molecule has 25 heavy (non-hydrogen) atoms. The summed E-state index contributed by atoms with van der Waals surface area (Å²) in [7, 11) is 0. The van der Waals surface area contributed by atoms with E-state index < -0.39 is 0 Å². The maximum Gasteiger partial charge on any atom is 0.326 e. The molecule has 0 unspecified atom stereocenters. The molecule has 6 heteroatoms. The zero-order valence-corrected chi connectivity index (χ0v) is 13.9. The first-order valence-electron chi connectivity index (χ1n) is 7.98. The second kappa shape index (κ2) is 7.49. The van der Waals surface area contributed by atoms with Gasteiger partial charge in [-0.1, -0.05) is 18.2 Å². The van der Waals surface area contributed by atoms with Crippen molar-refractivity contribution in [2.75, 3.05) is 18.5 Å². The molecule has 2 heterocycles. The lowest BCUT2D eigenvalue weighted by Gasteiger charge is -2.09. The highest BCUT2D eigenvalue weighted by Gasteiger charge is 2.09. The number of rotatable bonds is 6. The van der Waals surface area contributed by atoms with E-state index >= 15 is 0 Å². The Kier molecular flexibility index (Phi) is 4.95. The number of nitrogens with zero attached hydrogens (tertiary/aromatic N) is 3. The third-order valence-corrected chi connectivity index (χ3v) is 3.87. The van der Waals surface area contributed by atoms with Crippen molar-refractivity contribution in [3.63, 3.8) is 0 Å². The van der Waals surface area contributed by atoms with E-state index in [4.69, 9.17) is 10.00 Å². The molecule has 0 spiro atoms. The number of nitrogens with one attached hydrogen (secondary N) is 1. The van der Waals surface area contributed by atoms with Gasteiger partial charge in [-0.15, -0.1) is 0 Å². The summed E-state index contributed by atoms with van der Waals surface area (Å²) in [6.45, 7) is 2.79. The van der Waals surface area contributed by atoms with E-state index in [1.807, 2.05) is 42.0 Å². The summed E-state index contributed by atoms with van der Waals surface area (Å²) in [5, 5.41) is 13.1. The SMILES string of the molecule is Cc1cn(CC(=O)OCCNc2ncccc2C#N)c2ccccc12. The van der Waals surface area contributed by atoms with Crippen molar-refractivity contribution >= 4 is 22.7 Å². The second-order valence-corrected chi connectivity index (χ2v) is 5.62. The monoisotopic (exact) mass is 334 g/mol. The van der Waals surface area contributed by atoms with Gasteiger partial charge in [-0.2, -0.15) is 5.26 Å². The molecule has 0 atom stereocenters. The van der Waals surface area contributed by atoms with Crippen LogP contribution in [0.4, 0.5) is 5.82 Å². The minimum atomic E-state index is -0.302. The summed E-state index contributed by atoms with van der Waals surface area (Å²) in [4.78, 5) is 16.2. The number of pyridine rings is 1. The number of para-hydroxylation sites is 1. The van der Waals surface area contributed by atoms with Crippen molar-refractivity contribution in [3.8, 4) is 6.07 Å². The van der Waals surface area contributed by atoms with Crippen LogP contribution in [0.2, 0.25) is 0 Å². The standard InChI is InChI=1S/C19H18N4O2/c1-14-12-23(17-7-3-2-6-16(14)17)13-18(24)25-10-9-22-19-15(11-20)5-4-8-21-19/h2-8,12H,9-10,13H2,1H3,(H,21,22). The van der Waals surface area contributed by atoms with Crippen molar-refractivity contribution in [3.05, 3.63) is 59.9 Å². The molecule has 2 aromatic heterocycles. The number of fused-ring (bicyclic) bond motifs is 1. The van der Waals surface area contributed by atoms with Crippen molar-refractivity contribution < 1.29 is 9.53 Å². The van der Waals surface area contributed by atoms with E-state index in [0.717, 1.165) is 16.5 Å². The fraction of sp³-hybridized carbons (Fsp3) is 0.211. The Morgan fingerprint density at radius 1 is 1.32 bits per heavy atom. The van der Waals surface area contributed by atoms with Gasteiger partial charge in [0.2, 0.25) is 0 Å². The Labute approximate surface area is 145 Å². The Bertz CT molecular complexity index is 940. The lowest BCUT2D eigenvalue weighted by molar-refractivity contribution is -0.143. The van der Waals surface area contributed by atoms with Crippen LogP contribution in [0.1, 0.15) is 11.1 Å². The highest BCUT2D eigenvalue weighted by molar-refractivity contribution is 5.85. The Morgan fingerprint density at radius 2 is 2.16 bits per heavy atom. The summed E-state index contributed by atoms with van der Waals surface area (Å²) in [5.41, 5.74) is 2.61. The number of aryl methyl sites for hydroxylation is 1. The van der Waals surface area contributed by atoms with Crippen molar-refractivity contribution in [1.29, 1.82) is 5.26 Å². The molecular weight excluding hydrogens is 316 g/mol. The van der Waals surface area contributed by atoms with Gasteiger partial charge in [0.25, 0.3) is 0 Å². The predicted molar refractivity (Wildman–Crippen MR) is 95.1 cm³/mol. The van der Waals surface area contributed by atoms with E-state index in [9.17, 15) is 4.79 Å². The average Bonchev–Trinajstić information content (AvgIpc) is 2.95. The summed E-state index contributed by atoms with van der Waals surface area (Å²) < 4.78 is 7.16. The smallest absolute Gasteiger partial charge is 0.326 e. The highest BCUT2D eigenvalue weighted by Crippen LogP contribution is 2.20. The zero-order chi connectivity index (χ0) is 17.6. The highest BCUT2D eigenvalue weighted by atomic mass is 16.5. The van der Waals surface area contributed by atoms with Gasteiger partial charge in [0.15, 0.2) is 0 Å². The van der Waals surface area contributed by atoms with Crippen LogP contribution in [0, 0.1) is 18.3 Å². The van der Waals surface area contributed by atoms with E-state index in [-0.39, 0.29) is 19.1 Å². The number of esters is 1. The summed E-state index contributed by atoms with van der Waals surface area (Å²) in [6.07, 6.45) is 3.56. The predicted octanol–water partition coefficient (Wildman–Crippen LogP) is 2.87. The second-order valence-electron chi connectivity index (χ2n) is 5.62. The molecule has 0 saturated heterocycles.